The summed E-state index contributed by atoms with van der Waals surface area (Å²) < 4.78 is 26.4. The fraction of sp³-hybridized carbons (Fsp3) is 0.296. The number of pyridine rings is 2. The zero-order valence-electron chi connectivity index (χ0n) is 21.4. The number of nitro benzene ring substituents is 1. The van der Waals surface area contributed by atoms with Crippen LogP contribution in [-0.4, -0.2) is 38.0 Å². The van der Waals surface area contributed by atoms with Crippen LogP contribution in [0.4, 0.5) is 14.9 Å². The van der Waals surface area contributed by atoms with Gasteiger partial charge in [0, 0.05) is 31.1 Å². The van der Waals surface area contributed by atoms with Gasteiger partial charge in [-0.05, 0) is 51.0 Å². The Labute approximate surface area is 223 Å². The number of fused-ring (bicyclic) bond motifs is 1. The van der Waals surface area contributed by atoms with E-state index in [-0.39, 0.29) is 17.5 Å². The van der Waals surface area contributed by atoms with Gasteiger partial charge in [0.25, 0.3) is 5.69 Å². The van der Waals surface area contributed by atoms with Gasteiger partial charge in [-0.2, -0.15) is 0 Å². The van der Waals surface area contributed by atoms with Crippen molar-refractivity contribution in [2.45, 2.75) is 46.3 Å². The summed E-state index contributed by atoms with van der Waals surface area (Å²) in [6.07, 6.45) is 3.71. The Morgan fingerprint density at radius 1 is 1.13 bits per heavy atom. The summed E-state index contributed by atoms with van der Waals surface area (Å²) in [7, 11) is 0. The summed E-state index contributed by atoms with van der Waals surface area (Å²) >= 11 is 1.38. The van der Waals surface area contributed by atoms with Crippen molar-refractivity contribution in [3.8, 4) is 22.1 Å². The summed E-state index contributed by atoms with van der Waals surface area (Å²) in [4.78, 5) is 34.2. The molecule has 4 rings (SSSR count). The molecule has 0 spiro atoms. The zero-order chi connectivity index (χ0) is 27.4. The lowest BCUT2D eigenvalue weighted by molar-refractivity contribution is -0.385. The van der Waals surface area contributed by atoms with Crippen molar-refractivity contribution < 1.29 is 23.6 Å². The van der Waals surface area contributed by atoms with Crippen molar-refractivity contribution in [3.63, 3.8) is 0 Å². The van der Waals surface area contributed by atoms with Crippen molar-refractivity contribution in [3.05, 3.63) is 76.4 Å². The Balaban J connectivity index is 1.54. The molecule has 1 aromatic carbocycles. The fourth-order valence-corrected chi connectivity index (χ4v) is 4.68. The maximum absolute atomic E-state index is 14.4. The van der Waals surface area contributed by atoms with E-state index in [0.29, 0.717) is 34.7 Å². The molecule has 3 aromatic heterocycles. The molecule has 0 aliphatic carbocycles. The smallest absolute Gasteiger partial charge is 0.410 e. The second-order valence-corrected chi connectivity index (χ2v) is 10.6. The van der Waals surface area contributed by atoms with Gasteiger partial charge < -0.3 is 14.4 Å². The van der Waals surface area contributed by atoms with Crippen molar-refractivity contribution in [1.29, 1.82) is 0 Å². The molecule has 0 aliphatic rings. The average Bonchev–Trinajstić information content (AvgIpc) is 3.29. The Bertz CT molecular complexity index is 1470. The number of amides is 1. The summed E-state index contributed by atoms with van der Waals surface area (Å²) in [5, 5.41) is 10.9. The highest BCUT2D eigenvalue weighted by molar-refractivity contribution is 7.22. The van der Waals surface area contributed by atoms with Gasteiger partial charge in [-0.3, -0.25) is 20.1 Å². The van der Waals surface area contributed by atoms with Crippen molar-refractivity contribution in [2.75, 3.05) is 6.54 Å². The highest BCUT2D eigenvalue weighted by atomic mass is 32.1. The summed E-state index contributed by atoms with van der Waals surface area (Å²) in [6, 6.07) is 10.5. The number of non-ortho nitro benzene ring substituents is 1. The molecule has 3 heterocycles. The highest BCUT2D eigenvalue weighted by Crippen LogP contribution is 2.39. The molecule has 0 bridgehead atoms. The maximum Gasteiger partial charge on any atom is 0.410 e. The van der Waals surface area contributed by atoms with Crippen LogP contribution in [-0.2, 0) is 11.3 Å². The third-order valence-corrected chi connectivity index (χ3v) is 6.48. The minimum Gasteiger partial charge on any atom is -0.453 e. The van der Waals surface area contributed by atoms with E-state index in [2.05, 4.69) is 9.97 Å². The van der Waals surface area contributed by atoms with Crippen LogP contribution in [0.25, 0.3) is 20.8 Å². The SMILES string of the molecule is CCCN(Cc1ccc(-c2cc3nccc(Oc4ccc([N+](=O)[O-])cc4F)c3s2)nc1)C(=O)OC(C)(C)C. The van der Waals surface area contributed by atoms with Gasteiger partial charge in [-0.25, -0.2) is 9.18 Å². The number of rotatable bonds is 8. The molecule has 1 amide bonds. The van der Waals surface area contributed by atoms with Crippen LogP contribution in [0.15, 0.2) is 54.9 Å². The number of nitrogens with zero attached hydrogens (tertiary/aromatic N) is 4. The first-order valence-corrected chi connectivity index (χ1v) is 12.8. The Morgan fingerprint density at radius 2 is 1.92 bits per heavy atom. The number of ether oxygens (including phenoxy) is 2. The van der Waals surface area contributed by atoms with E-state index in [1.165, 1.54) is 23.5 Å². The van der Waals surface area contributed by atoms with Crippen LogP contribution in [0.5, 0.6) is 11.5 Å². The Kier molecular flexibility index (Phi) is 7.86. The van der Waals surface area contributed by atoms with Gasteiger partial charge in [0.1, 0.15) is 11.4 Å². The molecule has 0 saturated heterocycles. The molecule has 0 N–H and O–H groups in total. The van der Waals surface area contributed by atoms with Gasteiger partial charge in [0.2, 0.25) is 0 Å². The topological polar surface area (TPSA) is 108 Å². The minimum atomic E-state index is -0.832. The predicted molar refractivity (Wildman–Crippen MR) is 143 cm³/mol. The number of thiophene rings is 1. The quantitative estimate of drug-likeness (QED) is 0.170. The van der Waals surface area contributed by atoms with Crippen LogP contribution >= 0.6 is 11.3 Å². The summed E-state index contributed by atoms with van der Waals surface area (Å²) in [5.41, 5.74) is 1.29. The zero-order valence-corrected chi connectivity index (χ0v) is 22.3. The highest BCUT2D eigenvalue weighted by Gasteiger charge is 2.22. The lowest BCUT2D eigenvalue weighted by Gasteiger charge is -2.27. The molecule has 9 nitrogen and oxygen atoms in total. The van der Waals surface area contributed by atoms with Crippen molar-refractivity contribution in [2.24, 2.45) is 0 Å². The number of carbonyl (C=O) groups is 1. The third kappa shape index (κ3) is 6.41. The lowest BCUT2D eigenvalue weighted by atomic mass is 10.2. The molecule has 0 aliphatic heterocycles. The largest absolute Gasteiger partial charge is 0.453 e. The van der Waals surface area contributed by atoms with E-state index in [1.54, 1.807) is 23.4 Å². The third-order valence-electron chi connectivity index (χ3n) is 5.32. The van der Waals surface area contributed by atoms with E-state index in [9.17, 15) is 19.3 Å². The molecule has 0 unspecified atom stereocenters. The molecular weight excluding hydrogens is 511 g/mol. The first-order valence-electron chi connectivity index (χ1n) is 12.0. The number of nitro groups is 1. The van der Waals surface area contributed by atoms with Gasteiger partial charge in [-0.15, -0.1) is 11.3 Å². The summed E-state index contributed by atoms with van der Waals surface area (Å²) in [5.74, 6) is -0.577. The van der Waals surface area contributed by atoms with E-state index < -0.39 is 16.3 Å². The number of hydrogen-bond acceptors (Lipinski definition) is 8. The van der Waals surface area contributed by atoms with Crippen LogP contribution in [0.3, 0.4) is 0 Å². The normalized spacial score (nSPS) is 11.4. The van der Waals surface area contributed by atoms with Crippen molar-refractivity contribution in [1.82, 2.24) is 14.9 Å². The predicted octanol–water partition coefficient (Wildman–Crippen LogP) is 7.35. The second-order valence-electron chi connectivity index (χ2n) is 9.56. The lowest BCUT2D eigenvalue weighted by Crippen LogP contribution is -2.36. The molecule has 0 atom stereocenters. The van der Waals surface area contributed by atoms with Gasteiger partial charge in [-0.1, -0.05) is 13.0 Å². The summed E-state index contributed by atoms with van der Waals surface area (Å²) in [6.45, 7) is 8.46. The maximum atomic E-state index is 14.4. The number of aromatic nitrogens is 2. The first kappa shape index (κ1) is 26.9. The molecule has 198 valence electrons. The van der Waals surface area contributed by atoms with Gasteiger partial charge >= 0.3 is 6.09 Å². The van der Waals surface area contributed by atoms with Crippen LogP contribution < -0.4 is 4.74 Å². The van der Waals surface area contributed by atoms with Crippen LogP contribution in [0.1, 0.15) is 39.7 Å². The number of halogens is 1. The standard InChI is InChI=1S/C27H27FN4O5S/c1-5-12-31(26(33)37-27(2,3)4)16-17-6-8-20(30-15-17)24-14-21-25(38-24)23(10-11-29-21)36-22-9-7-18(32(34)35)13-19(22)28/h6-11,13-15H,5,12,16H2,1-4H3. The van der Waals surface area contributed by atoms with E-state index >= 15 is 0 Å². The van der Waals surface area contributed by atoms with E-state index in [0.717, 1.165) is 22.9 Å². The number of hydrogen-bond donors (Lipinski definition) is 0. The monoisotopic (exact) mass is 538 g/mol. The van der Waals surface area contributed by atoms with Crippen molar-refractivity contribution >= 4 is 33.3 Å². The first-order chi connectivity index (χ1) is 18.0. The number of benzene rings is 1. The molecule has 11 heteroatoms. The number of carbonyl (C=O) groups excluding carboxylic acids is 1. The molecule has 0 fully saturated rings. The minimum absolute atomic E-state index is 0.123. The van der Waals surface area contributed by atoms with E-state index in [4.69, 9.17) is 9.47 Å². The van der Waals surface area contributed by atoms with Gasteiger partial charge in [0.15, 0.2) is 11.6 Å². The second kappa shape index (κ2) is 11.1. The average molecular weight is 539 g/mol. The molecule has 4 aromatic rings. The molecule has 38 heavy (non-hydrogen) atoms. The fourth-order valence-electron chi connectivity index (χ4n) is 3.64. The van der Waals surface area contributed by atoms with Gasteiger partial charge in [0.05, 0.1) is 38.3 Å². The van der Waals surface area contributed by atoms with E-state index in [1.807, 2.05) is 45.9 Å². The Hall–Kier alpha value is -4.12. The van der Waals surface area contributed by atoms with Crippen LogP contribution in [0, 0.1) is 15.9 Å². The van der Waals surface area contributed by atoms with Crippen LogP contribution in [0.2, 0.25) is 0 Å². The Morgan fingerprint density at radius 3 is 2.55 bits per heavy atom. The molecular formula is C27H27FN4O5S. The molecule has 0 radical (unpaired) electrons. The molecule has 0 saturated carbocycles.